The Hall–Kier alpha value is 0.270. The van der Waals surface area contributed by atoms with Crippen LogP contribution >= 0.6 is 12.6 Å². The zero-order valence-corrected chi connectivity index (χ0v) is 8.89. The van der Waals surface area contributed by atoms with Crippen LogP contribution in [0.15, 0.2) is 0 Å². The van der Waals surface area contributed by atoms with Crippen LogP contribution in [0, 0.1) is 0 Å². The maximum atomic E-state index is 5.32. The summed E-state index contributed by atoms with van der Waals surface area (Å²) in [6, 6.07) is 0.730. The molecule has 1 saturated carbocycles. The second-order valence-electron chi connectivity index (χ2n) is 3.56. The fourth-order valence-corrected chi connectivity index (χ4v) is 2.07. The van der Waals surface area contributed by atoms with Crippen LogP contribution < -0.4 is 0 Å². The Morgan fingerprint density at radius 2 is 1.92 bits per heavy atom. The third kappa shape index (κ3) is 2.64. The standard InChI is InChI=1S/C9H19NOS/c1-10(7-12)8-3-5-9(11-2)6-4-8/h8-9,12H,3-7H2,1-2H3/t8-,9-. The third-order valence-corrected chi connectivity index (χ3v) is 3.27. The lowest BCUT2D eigenvalue weighted by Crippen LogP contribution is -2.36. The predicted molar refractivity (Wildman–Crippen MR) is 54.7 cm³/mol. The zero-order chi connectivity index (χ0) is 8.97. The van der Waals surface area contributed by atoms with Crippen molar-refractivity contribution < 1.29 is 4.74 Å². The molecule has 0 bridgehead atoms. The lowest BCUT2D eigenvalue weighted by atomic mass is 9.92. The number of hydrogen-bond acceptors (Lipinski definition) is 3. The van der Waals surface area contributed by atoms with E-state index in [0.717, 1.165) is 11.9 Å². The molecule has 1 rings (SSSR count). The number of methoxy groups -OCH3 is 1. The summed E-state index contributed by atoms with van der Waals surface area (Å²) in [6.07, 6.45) is 5.44. The summed E-state index contributed by atoms with van der Waals surface area (Å²) in [6.45, 7) is 0. The van der Waals surface area contributed by atoms with Crippen molar-refractivity contribution >= 4 is 12.6 Å². The van der Waals surface area contributed by atoms with Crippen LogP contribution in [0.4, 0.5) is 0 Å². The van der Waals surface area contributed by atoms with Crippen LogP contribution in [0.25, 0.3) is 0 Å². The molecule has 0 radical (unpaired) electrons. The van der Waals surface area contributed by atoms with Gasteiger partial charge in [0.25, 0.3) is 0 Å². The Morgan fingerprint density at radius 1 is 1.33 bits per heavy atom. The quantitative estimate of drug-likeness (QED) is 0.536. The highest BCUT2D eigenvalue weighted by molar-refractivity contribution is 7.80. The van der Waals surface area contributed by atoms with Crippen molar-refractivity contribution in [3.05, 3.63) is 0 Å². The van der Waals surface area contributed by atoms with E-state index in [2.05, 4.69) is 24.6 Å². The van der Waals surface area contributed by atoms with Gasteiger partial charge in [-0.2, -0.15) is 12.6 Å². The first kappa shape index (κ1) is 10.4. The largest absolute Gasteiger partial charge is 0.381 e. The van der Waals surface area contributed by atoms with Crippen molar-refractivity contribution in [3.63, 3.8) is 0 Å². The van der Waals surface area contributed by atoms with Gasteiger partial charge in [0.15, 0.2) is 0 Å². The number of nitrogens with zero attached hydrogens (tertiary/aromatic N) is 1. The lowest BCUT2D eigenvalue weighted by Gasteiger charge is -2.33. The molecule has 0 N–H and O–H groups in total. The van der Waals surface area contributed by atoms with Gasteiger partial charge < -0.3 is 4.74 Å². The molecule has 0 aromatic heterocycles. The van der Waals surface area contributed by atoms with E-state index in [9.17, 15) is 0 Å². The summed E-state index contributed by atoms with van der Waals surface area (Å²) < 4.78 is 5.32. The first-order valence-corrected chi connectivity index (χ1v) is 5.25. The Morgan fingerprint density at radius 3 is 2.33 bits per heavy atom. The molecule has 0 aromatic rings. The second kappa shape index (κ2) is 5.10. The number of ether oxygens (including phenoxy) is 1. The second-order valence-corrected chi connectivity index (χ2v) is 3.85. The summed E-state index contributed by atoms with van der Waals surface area (Å²) in [5.74, 6) is 0.863. The van der Waals surface area contributed by atoms with Crippen molar-refractivity contribution in [1.82, 2.24) is 4.90 Å². The van der Waals surface area contributed by atoms with Gasteiger partial charge in [0.2, 0.25) is 0 Å². The van der Waals surface area contributed by atoms with Crippen molar-refractivity contribution in [2.45, 2.75) is 37.8 Å². The molecule has 0 unspecified atom stereocenters. The monoisotopic (exact) mass is 189 g/mol. The van der Waals surface area contributed by atoms with Crippen molar-refractivity contribution in [2.24, 2.45) is 0 Å². The molecule has 0 spiro atoms. The van der Waals surface area contributed by atoms with E-state index in [-0.39, 0.29) is 0 Å². The SMILES string of the molecule is CO[C@H]1CC[C@H](N(C)CS)CC1. The van der Waals surface area contributed by atoms with Gasteiger partial charge >= 0.3 is 0 Å². The average Bonchev–Trinajstić information content (AvgIpc) is 2.17. The maximum Gasteiger partial charge on any atom is 0.0572 e. The van der Waals surface area contributed by atoms with E-state index >= 15 is 0 Å². The molecule has 0 aliphatic heterocycles. The number of hydrogen-bond donors (Lipinski definition) is 1. The van der Waals surface area contributed by atoms with Crippen molar-refractivity contribution in [2.75, 3.05) is 20.0 Å². The summed E-state index contributed by atoms with van der Waals surface area (Å²) in [5.41, 5.74) is 0. The Bertz CT molecular complexity index is 124. The van der Waals surface area contributed by atoms with E-state index in [0.29, 0.717) is 6.10 Å². The Kier molecular flexibility index (Phi) is 4.40. The molecule has 1 aliphatic rings. The summed E-state index contributed by atoms with van der Waals surface area (Å²) >= 11 is 4.27. The Labute approximate surface area is 80.7 Å². The molecular weight excluding hydrogens is 170 g/mol. The topological polar surface area (TPSA) is 12.5 Å². The van der Waals surface area contributed by atoms with Crippen LogP contribution in [-0.4, -0.2) is 37.1 Å². The molecule has 0 aromatic carbocycles. The first-order chi connectivity index (χ1) is 5.77. The van der Waals surface area contributed by atoms with Gasteiger partial charge in [0.05, 0.1) is 6.10 Å². The Balaban J connectivity index is 2.25. The molecule has 0 amide bonds. The van der Waals surface area contributed by atoms with Crippen molar-refractivity contribution in [3.8, 4) is 0 Å². The number of thiol groups is 1. The third-order valence-electron chi connectivity index (χ3n) is 2.82. The summed E-state index contributed by atoms with van der Waals surface area (Å²) in [5, 5.41) is 0. The van der Waals surface area contributed by atoms with Crippen LogP contribution in [0.2, 0.25) is 0 Å². The van der Waals surface area contributed by atoms with Gasteiger partial charge in [0, 0.05) is 19.0 Å². The minimum atomic E-state index is 0.509. The normalized spacial score (nSPS) is 31.0. The van der Waals surface area contributed by atoms with Crippen LogP contribution in [-0.2, 0) is 4.74 Å². The van der Waals surface area contributed by atoms with E-state index in [4.69, 9.17) is 4.74 Å². The van der Waals surface area contributed by atoms with Gasteiger partial charge in [-0.25, -0.2) is 0 Å². The fourth-order valence-electron chi connectivity index (χ4n) is 1.84. The van der Waals surface area contributed by atoms with E-state index in [1.807, 2.05) is 7.11 Å². The predicted octanol–water partition coefficient (Wildman–Crippen LogP) is 1.76. The van der Waals surface area contributed by atoms with Crippen LogP contribution in [0.1, 0.15) is 25.7 Å². The molecule has 1 aliphatic carbocycles. The molecule has 0 saturated heterocycles. The van der Waals surface area contributed by atoms with Crippen LogP contribution in [0.3, 0.4) is 0 Å². The molecule has 0 atom stereocenters. The molecule has 1 fully saturated rings. The highest BCUT2D eigenvalue weighted by Gasteiger charge is 2.22. The highest BCUT2D eigenvalue weighted by atomic mass is 32.1. The lowest BCUT2D eigenvalue weighted by molar-refractivity contribution is 0.0477. The van der Waals surface area contributed by atoms with Crippen LogP contribution in [0.5, 0.6) is 0 Å². The van der Waals surface area contributed by atoms with Crippen molar-refractivity contribution in [1.29, 1.82) is 0 Å². The average molecular weight is 189 g/mol. The number of rotatable bonds is 3. The molecule has 12 heavy (non-hydrogen) atoms. The van der Waals surface area contributed by atoms with E-state index in [1.54, 1.807) is 0 Å². The van der Waals surface area contributed by atoms with E-state index < -0.39 is 0 Å². The van der Waals surface area contributed by atoms with Gasteiger partial charge in [0.1, 0.15) is 0 Å². The molecule has 3 heteroatoms. The van der Waals surface area contributed by atoms with Gasteiger partial charge in [-0.3, -0.25) is 4.90 Å². The highest BCUT2D eigenvalue weighted by Crippen LogP contribution is 2.23. The van der Waals surface area contributed by atoms with Gasteiger partial charge in [-0.1, -0.05) is 0 Å². The molecular formula is C9H19NOS. The summed E-state index contributed by atoms with van der Waals surface area (Å²) in [4.78, 5) is 2.31. The molecule has 0 heterocycles. The maximum absolute atomic E-state index is 5.32. The first-order valence-electron chi connectivity index (χ1n) is 4.61. The molecule has 72 valence electrons. The van der Waals surface area contributed by atoms with Gasteiger partial charge in [-0.05, 0) is 32.7 Å². The molecule has 2 nitrogen and oxygen atoms in total. The summed E-state index contributed by atoms with van der Waals surface area (Å²) in [7, 11) is 3.96. The minimum absolute atomic E-state index is 0.509. The zero-order valence-electron chi connectivity index (χ0n) is 7.99. The minimum Gasteiger partial charge on any atom is -0.381 e. The van der Waals surface area contributed by atoms with Gasteiger partial charge in [-0.15, -0.1) is 0 Å². The van der Waals surface area contributed by atoms with E-state index in [1.165, 1.54) is 25.7 Å². The smallest absolute Gasteiger partial charge is 0.0572 e. The fraction of sp³-hybridized carbons (Fsp3) is 1.00.